The molecule has 1 N–H and O–H groups in total. The van der Waals surface area contributed by atoms with Crippen molar-refractivity contribution >= 4 is 11.6 Å². The van der Waals surface area contributed by atoms with Gasteiger partial charge in [0.05, 0.1) is 23.6 Å². The Morgan fingerprint density at radius 1 is 1.37 bits per heavy atom. The van der Waals surface area contributed by atoms with Gasteiger partial charge >= 0.3 is 0 Å². The second kappa shape index (κ2) is 5.56. The summed E-state index contributed by atoms with van der Waals surface area (Å²) in [5.74, 6) is 0.461. The Morgan fingerprint density at radius 3 is 2.74 bits per heavy atom. The Labute approximate surface area is 112 Å². The van der Waals surface area contributed by atoms with Crippen molar-refractivity contribution in [1.82, 2.24) is 9.78 Å². The van der Waals surface area contributed by atoms with Gasteiger partial charge in [-0.2, -0.15) is 5.10 Å². The van der Waals surface area contributed by atoms with Crippen molar-refractivity contribution in [3.63, 3.8) is 0 Å². The van der Waals surface area contributed by atoms with Gasteiger partial charge < -0.3 is 10.1 Å². The van der Waals surface area contributed by atoms with Crippen LogP contribution in [0.2, 0.25) is 0 Å². The summed E-state index contributed by atoms with van der Waals surface area (Å²) in [4.78, 5) is 12.0. The molecule has 2 rings (SSSR count). The van der Waals surface area contributed by atoms with E-state index in [9.17, 15) is 4.79 Å². The topological polar surface area (TPSA) is 56.1 Å². The molecule has 0 radical (unpaired) electrons. The molecular formula is C14H17N3O2. The van der Waals surface area contributed by atoms with Gasteiger partial charge in [0.1, 0.15) is 5.75 Å². The second-order valence-electron chi connectivity index (χ2n) is 4.52. The average molecular weight is 259 g/mol. The van der Waals surface area contributed by atoms with Crippen LogP contribution < -0.4 is 10.1 Å². The van der Waals surface area contributed by atoms with E-state index in [1.54, 1.807) is 17.9 Å². The maximum atomic E-state index is 12.0. The molecule has 0 aliphatic rings. The number of aromatic nitrogens is 2. The molecule has 0 bridgehead atoms. The summed E-state index contributed by atoms with van der Waals surface area (Å²) in [5.41, 5.74) is 1.17. The molecule has 1 aromatic carbocycles. The predicted molar refractivity (Wildman–Crippen MR) is 73.4 cm³/mol. The van der Waals surface area contributed by atoms with Gasteiger partial charge in [0.15, 0.2) is 0 Å². The third kappa shape index (κ3) is 3.34. The van der Waals surface area contributed by atoms with E-state index in [-0.39, 0.29) is 12.0 Å². The summed E-state index contributed by atoms with van der Waals surface area (Å²) in [5, 5.41) is 6.80. The van der Waals surface area contributed by atoms with Gasteiger partial charge in [0.25, 0.3) is 5.91 Å². The molecule has 19 heavy (non-hydrogen) atoms. The van der Waals surface area contributed by atoms with Crippen LogP contribution in [0.4, 0.5) is 5.69 Å². The zero-order valence-electron chi connectivity index (χ0n) is 11.3. The molecule has 1 aromatic heterocycles. The molecule has 0 saturated carbocycles. The summed E-state index contributed by atoms with van der Waals surface area (Å²) in [6.07, 6.45) is 3.25. The monoisotopic (exact) mass is 259 g/mol. The minimum atomic E-state index is -0.201. The Balaban J connectivity index is 2.16. The quantitative estimate of drug-likeness (QED) is 0.917. The normalized spacial score (nSPS) is 10.5. The largest absolute Gasteiger partial charge is 0.489 e. The minimum absolute atomic E-state index is 0.0523. The standard InChI is InChI=1S/C14H17N3O2/c1-10(2)19-13-7-5-4-6-12(13)16-14(18)11-8-15-17(3)9-11/h4-10H,1-3H3,(H,16,18). The number of anilines is 1. The van der Waals surface area contributed by atoms with Gasteiger partial charge in [-0.05, 0) is 26.0 Å². The van der Waals surface area contributed by atoms with Gasteiger partial charge in [-0.1, -0.05) is 12.1 Å². The molecule has 0 unspecified atom stereocenters. The molecule has 2 aromatic rings. The molecule has 5 nitrogen and oxygen atoms in total. The van der Waals surface area contributed by atoms with E-state index in [1.165, 1.54) is 6.20 Å². The molecule has 1 heterocycles. The highest BCUT2D eigenvalue weighted by Crippen LogP contribution is 2.25. The zero-order valence-corrected chi connectivity index (χ0v) is 11.3. The van der Waals surface area contributed by atoms with E-state index in [1.807, 2.05) is 38.1 Å². The van der Waals surface area contributed by atoms with Crippen LogP contribution in [0, 0.1) is 0 Å². The number of rotatable bonds is 4. The van der Waals surface area contributed by atoms with Crippen molar-refractivity contribution < 1.29 is 9.53 Å². The van der Waals surface area contributed by atoms with Crippen LogP contribution >= 0.6 is 0 Å². The van der Waals surface area contributed by atoms with Crippen LogP contribution in [0.5, 0.6) is 5.75 Å². The smallest absolute Gasteiger partial charge is 0.258 e. The molecule has 0 aliphatic heterocycles. The van der Waals surface area contributed by atoms with Gasteiger partial charge in [0, 0.05) is 13.2 Å². The number of hydrogen-bond acceptors (Lipinski definition) is 3. The maximum absolute atomic E-state index is 12.0. The van der Waals surface area contributed by atoms with E-state index < -0.39 is 0 Å². The maximum Gasteiger partial charge on any atom is 0.258 e. The Bertz CT molecular complexity index is 576. The van der Waals surface area contributed by atoms with Crippen molar-refractivity contribution in [3.8, 4) is 5.75 Å². The molecule has 0 fully saturated rings. The summed E-state index contributed by atoms with van der Waals surface area (Å²) in [6, 6.07) is 7.37. The number of nitrogens with zero attached hydrogens (tertiary/aromatic N) is 2. The lowest BCUT2D eigenvalue weighted by Crippen LogP contribution is -2.14. The van der Waals surface area contributed by atoms with Crippen molar-refractivity contribution in [1.29, 1.82) is 0 Å². The number of hydrogen-bond donors (Lipinski definition) is 1. The lowest BCUT2D eigenvalue weighted by molar-refractivity contribution is 0.102. The first-order chi connectivity index (χ1) is 9.06. The van der Waals surface area contributed by atoms with Crippen molar-refractivity contribution in [2.24, 2.45) is 7.05 Å². The number of aryl methyl sites for hydroxylation is 1. The Morgan fingerprint density at radius 2 is 2.11 bits per heavy atom. The minimum Gasteiger partial charge on any atom is -0.489 e. The molecule has 5 heteroatoms. The van der Waals surface area contributed by atoms with Crippen LogP contribution in [0.1, 0.15) is 24.2 Å². The summed E-state index contributed by atoms with van der Waals surface area (Å²) in [6.45, 7) is 3.89. The number of carbonyl (C=O) groups excluding carboxylic acids is 1. The van der Waals surface area contributed by atoms with Crippen molar-refractivity contribution in [2.45, 2.75) is 20.0 Å². The van der Waals surface area contributed by atoms with Crippen LogP contribution in [0.25, 0.3) is 0 Å². The lowest BCUT2D eigenvalue weighted by Gasteiger charge is -2.14. The number of para-hydroxylation sites is 2. The molecule has 100 valence electrons. The fourth-order valence-electron chi connectivity index (χ4n) is 1.66. The SMILES string of the molecule is CC(C)Oc1ccccc1NC(=O)c1cnn(C)c1. The van der Waals surface area contributed by atoms with E-state index in [4.69, 9.17) is 4.74 Å². The molecule has 0 saturated heterocycles. The summed E-state index contributed by atoms with van der Waals surface area (Å²) >= 11 is 0. The van der Waals surface area contributed by atoms with Gasteiger partial charge in [0.2, 0.25) is 0 Å². The van der Waals surface area contributed by atoms with Gasteiger partial charge in [-0.15, -0.1) is 0 Å². The average Bonchev–Trinajstić information content (AvgIpc) is 2.78. The molecule has 1 amide bonds. The molecule has 0 atom stereocenters. The zero-order chi connectivity index (χ0) is 13.8. The Hall–Kier alpha value is -2.30. The fourth-order valence-corrected chi connectivity index (χ4v) is 1.66. The van der Waals surface area contributed by atoms with E-state index >= 15 is 0 Å². The summed E-state index contributed by atoms with van der Waals surface area (Å²) < 4.78 is 7.24. The van der Waals surface area contributed by atoms with E-state index in [0.29, 0.717) is 17.0 Å². The predicted octanol–water partition coefficient (Wildman–Crippen LogP) is 2.46. The first-order valence-electron chi connectivity index (χ1n) is 6.12. The van der Waals surface area contributed by atoms with Crippen molar-refractivity contribution in [2.75, 3.05) is 5.32 Å². The fraction of sp³-hybridized carbons (Fsp3) is 0.286. The number of ether oxygens (including phenoxy) is 1. The first-order valence-corrected chi connectivity index (χ1v) is 6.12. The van der Waals surface area contributed by atoms with Gasteiger partial charge in [-0.25, -0.2) is 0 Å². The number of benzene rings is 1. The first kappa shape index (κ1) is 13.1. The van der Waals surface area contributed by atoms with E-state index in [2.05, 4.69) is 10.4 Å². The highest BCUT2D eigenvalue weighted by Gasteiger charge is 2.11. The summed E-state index contributed by atoms with van der Waals surface area (Å²) in [7, 11) is 1.77. The highest BCUT2D eigenvalue weighted by atomic mass is 16.5. The lowest BCUT2D eigenvalue weighted by atomic mass is 10.2. The number of nitrogens with one attached hydrogen (secondary N) is 1. The third-order valence-corrected chi connectivity index (χ3v) is 2.46. The highest BCUT2D eigenvalue weighted by molar-refractivity contribution is 6.04. The van der Waals surface area contributed by atoms with E-state index in [0.717, 1.165) is 0 Å². The van der Waals surface area contributed by atoms with Crippen LogP contribution in [-0.4, -0.2) is 21.8 Å². The van der Waals surface area contributed by atoms with Crippen molar-refractivity contribution in [3.05, 3.63) is 42.2 Å². The third-order valence-electron chi connectivity index (χ3n) is 2.46. The molecule has 0 spiro atoms. The number of carbonyl (C=O) groups is 1. The van der Waals surface area contributed by atoms with Crippen LogP contribution in [-0.2, 0) is 7.05 Å². The second-order valence-corrected chi connectivity index (χ2v) is 4.52. The van der Waals surface area contributed by atoms with Gasteiger partial charge in [-0.3, -0.25) is 9.48 Å². The van der Waals surface area contributed by atoms with Crippen LogP contribution in [0.15, 0.2) is 36.7 Å². The molecule has 0 aliphatic carbocycles. The molecular weight excluding hydrogens is 242 g/mol. The van der Waals surface area contributed by atoms with Crippen LogP contribution in [0.3, 0.4) is 0 Å². The number of amides is 1. The Kier molecular flexibility index (Phi) is 3.85.